The molecule has 0 radical (unpaired) electrons. The third-order valence-electron chi connectivity index (χ3n) is 4.34. The molecule has 0 bridgehead atoms. The molecule has 0 aliphatic heterocycles. The van der Waals surface area contributed by atoms with Crippen LogP contribution in [-0.2, 0) is 0 Å². The number of nitrogens with zero attached hydrogens (tertiary/aromatic N) is 2. The fourth-order valence-electron chi connectivity index (χ4n) is 2.70. The van der Waals surface area contributed by atoms with E-state index in [1.807, 2.05) is 36.5 Å². The number of rotatable bonds is 8. The van der Waals surface area contributed by atoms with Crippen LogP contribution in [0.3, 0.4) is 0 Å². The van der Waals surface area contributed by atoms with Gasteiger partial charge in [-0.3, -0.25) is 14.9 Å². The Bertz CT molecular complexity index is 788. The van der Waals surface area contributed by atoms with Crippen LogP contribution in [0.15, 0.2) is 35.7 Å². The van der Waals surface area contributed by atoms with Crippen molar-refractivity contribution < 1.29 is 9.72 Å². The molecule has 3 rings (SSSR count). The number of nitro benzene ring substituents is 1. The standard InChI is InChI=1S/C18H22N4O3S/c1-21(2)16(17-4-3-9-26-17)11-19-18(23)12-5-8-14(20-13-6-7-13)15(10-12)22(24)25/h3-5,8-10,13,16,20H,6-7,11H2,1-2H3,(H,19,23). The lowest BCUT2D eigenvalue weighted by Gasteiger charge is -2.23. The normalized spacial score (nSPS) is 14.9. The Labute approximate surface area is 156 Å². The molecule has 0 saturated heterocycles. The predicted octanol–water partition coefficient (Wildman–Crippen LogP) is 3.26. The molecule has 1 atom stereocenters. The zero-order valence-corrected chi connectivity index (χ0v) is 15.6. The summed E-state index contributed by atoms with van der Waals surface area (Å²) >= 11 is 1.64. The minimum absolute atomic E-state index is 0.0599. The van der Waals surface area contributed by atoms with Crippen molar-refractivity contribution in [1.29, 1.82) is 0 Å². The summed E-state index contributed by atoms with van der Waals surface area (Å²) < 4.78 is 0. The number of hydrogen-bond donors (Lipinski definition) is 2. The van der Waals surface area contributed by atoms with E-state index in [0.29, 0.717) is 23.8 Å². The van der Waals surface area contributed by atoms with Crippen LogP contribution in [0.1, 0.15) is 34.1 Å². The van der Waals surface area contributed by atoms with Gasteiger partial charge in [0, 0.05) is 29.1 Å². The van der Waals surface area contributed by atoms with Crippen molar-refractivity contribution in [2.45, 2.75) is 24.9 Å². The molecule has 26 heavy (non-hydrogen) atoms. The quantitative estimate of drug-likeness (QED) is 0.547. The average molecular weight is 374 g/mol. The molecule has 1 fully saturated rings. The van der Waals surface area contributed by atoms with E-state index >= 15 is 0 Å². The van der Waals surface area contributed by atoms with Gasteiger partial charge in [0.05, 0.1) is 11.0 Å². The Morgan fingerprint density at radius 3 is 2.73 bits per heavy atom. The van der Waals surface area contributed by atoms with Gasteiger partial charge in [-0.25, -0.2) is 0 Å². The van der Waals surface area contributed by atoms with Gasteiger partial charge in [-0.05, 0) is 50.5 Å². The minimum atomic E-state index is -0.449. The summed E-state index contributed by atoms with van der Waals surface area (Å²) in [5, 5.41) is 19.4. The molecule has 1 aromatic carbocycles. The molecule has 1 heterocycles. The average Bonchev–Trinajstić information content (AvgIpc) is 3.25. The number of hydrogen-bond acceptors (Lipinski definition) is 6. The maximum absolute atomic E-state index is 12.5. The summed E-state index contributed by atoms with van der Waals surface area (Å²) in [6.07, 6.45) is 2.04. The highest BCUT2D eigenvalue weighted by atomic mass is 32.1. The number of likely N-dealkylation sites (N-methyl/N-ethyl adjacent to an activating group) is 1. The topological polar surface area (TPSA) is 87.5 Å². The second kappa shape index (κ2) is 7.84. The van der Waals surface area contributed by atoms with Crippen LogP contribution in [0.4, 0.5) is 11.4 Å². The van der Waals surface area contributed by atoms with Gasteiger partial charge in [-0.15, -0.1) is 11.3 Å². The number of nitrogens with one attached hydrogen (secondary N) is 2. The van der Waals surface area contributed by atoms with Gasteiger partial charge in [-0.1, -0.05) is 6.07 Å². The van der Waals surface area contributed by atoms with E-state index in [9.17, 15) is 14.9 Å². The van der Waals surface area contributed by atoms with Gasteiger partial charge in [0.15, 0.2) is 0 Å². The van der Waals surface area contributed by atoms with Crippen molar-refractivity contribution in [2.24, 2.45) is 0 Å². The maximum atomic E-state index is 12.5. The third-order valence-corrected chi connectivity index (χ3v) is 5.32. The number of thiophene rings is 1. The van der Waals surface area contributed by atoms with Crippen molar-refractivity contribution in [1.82, 2.24) is 10.2 Å². The minimum Gasteiger partial charge on any atom is -0.377 e. The van der Waals surface area contributed by atoms with E-state index in [4.69, 9.17) is 0 Å². The maximum Gasteiger partial charge on any atom is 0.293 e. The molecule has 1 saturated carbocycles. The molecule has 7 nitrogen and oxygen atoms in total. The number of carbonyl (C=O) groups is 1. The molecule has 138 valence electrons. The summed E-state index contributed by atoms with van der Waals surface area (Å²) in [5.41, 5.74) is 0.701. The smallest absolute Gasteiger partial charge is 0.293 e. The predicted molar refractivity (Wildman–Crippen MR) is 103 cm³/mol. The summed E-state index contributed by atoms with van der Waals surface area (Å²) in [6.45, 7) is 0.433. The van der Waals surface area contributed by atoms with E-state index in [1.165, 1.54) is 6.07 Å². The van der Waals surface area contributed by atoms with Crippen molar-refractivity contribution in [2.75, 3.05) is 26.0 Å². The lowest BCUT2D eigenvalue weighted by Crippen LogP contribution is -2.34. The number of benzene rings is 1. The molecular formula is C18H22N4O3S. The second-order valence-electron chi connectivity index (χ2n) is 6.61. The second-order valence-corrected chi connectivity index (χ2v) is 7.59. The summed E-state index contributed by atoms with van der Waals surface area (Å²) in [7, 11) is 3.92. The number of amides is 1. The summed E-state index contributed by atoms with van der Waals surface area (Å²) in [4.78, 5) is 26.6. The zero-order chi connectivity index (χ0) is 18.7. The molecule has 8 heteroatoms. The molecule has 2 aromatic rings. The van der Waals surface area contributed by atoms with Crippen molar-refractivity contribution in [3.63, 3.8) is 0 Å². The van der Waals surface area contributed by atoms with Crippen LogP contribution < -0.4 is 10.6 Å². The van der Waals surface area contributed by atoms with E-state index in [2.05, 4.69) is 10.6 Å². The fraction of sp³-hybridized carbons (Fsp3) is 0.389. The highest BCUT2D eigenvalue weighted by molar-refractivity contribution is 7.10. The first kappa shape index (κ1) is 18.3. The van der Waals surface area contributed by atoms with Crippen LogP contribution >= 0.6 is 11.3 Å². The highest BCUT2D eigenvalue weighted by Crippen LogP contribution is 2.31. The summed E-state index contributed by atoms with van der Waals surface area (Å²) in [5.74, 6) is -0.311. The first-order chi connectivity index (χ1) is 12.5. The van der Waals surface area contributed by atoms with Crippen LogP contribution in [0, 0.1) is 10.1 Å². The Hall–Kier alpha value is -2.45. The Morgan fingerprint density at radius 1 is 1.38 bits per heavy atom. The van der Waals surface area contributed by atoms with Crippen molar-refractivity contribution >= 4 is 28.6 Å². The van der Waals surface area contributed by atoms with Gasteiger partial charge in [0.2, 0.25) is 0 Å². The number of anilines is 1. The molecular weight excluding hydrogens is 352 g/mol. The van der Waals surface area contributed by atoms with Gasteiger partial charge < -0.3 is 15.5 Å². The lowest BCUT2D eigenvalue weighted by molar-refractivity contribution is -0.384. The Kier molecular flexibility index (Phi) is 5.53. The van der Waals surface area contributed by atoms with E-state index in [0.717, 1.165) is 17.7 Å². The van der Waals surface area contributed by atoms with Gasteiger partial charge in [-0.2, -0.15) is 0 Å². The molecule has 2 N–H and O–H groups in total. The molecule has 1 amide bonds. The number of carbonyl (C=O) groups excluding carboxylic acids is 1. The van der Waals surface area contributed by atoms with Gasteiger partial charge in [0.25, 0.3) is 11.6 Å². The third kappa shape index (κ3) is 4.39. The lowest BCUT2D eigenvalue weighted by atomic mass is 10.1. The summed E-state index contributed by atoms with van der Waals surface area (Å²) in [6, 6.07) is 8.97. The largest absolute Gasteiger partial charge is 0.377 e. The molecule has 0 spiro atoms. The fourth-order valence-corrected chi connectivity index (χ4v) is 3.63. The van der Waals surface area contributed by atoms with Crippen LogP contribution in [-0.4, -0.2) is 42.4 Å². The SMILES string of the molecule is CN(C)C(CNC(=O)c1ccc(NC2CC2)c([N+](=O)[O-])c1)c1cccs1. The van der Waals surface area contributed by atoms with Gasteiger partial charge in [0.1, 0.15) is 5.69 Å². The van der Waals surface area contributed by atoms with Crippen LogP contribution in [0.2, 0.25) is 0 Å². The van der Waals surface area contributed by atoms with Crippen molar-refractivity contribution in [3.8, 4) is 0 Å². The van der Waals surface area contributed by atoms with Crippen molar-refractivity contribution in [3.05, 3.63) is 56.3 Å². The first-order valence-electron chi connectivity index (χ1n) is 8.48. The van der Waals surface area contributed by atoms with Crippen LogP contribution in [0.5, 0.6) is 0 Å². The van der Waals surface area contributed by atoms with Gasteiger partial charge >= 0.3 is 0 Å². The van der Waals surface area contributed by atoms with E-state index in [1.54, 1.807) is 23.5 Å². The number of nitro groups is 1. The Balaban J connectivity index is 1.70. The highest BCUT2D eigenvalue weighted by Gasteiger charge is 2.26. The molecule has 1 aliphatic carbocycles. The first-order valence-corrected chi connectivity index (χ1v) is 9.36. The monoisotopic (exact) mass is 374 g/mol. The molecule has 1 aromatic heterocycles. The zero-order valence-electron chi connectivity index (χ0n) is 14.8. The van der Waals surface area contributed by atoms with Crippen LogP contribution in [0.25, 0.3) is 0 Å². The molecule has 1 aliphatic rings. The molecule has 1 unspecified atom stereocenters. The van der Waals surface area contributed by atoms with E-state index < -0.39 is 4.92 Å². The van der Waals surface area contributed by atoms with E-state index in [-0.39, 0.29) is 17.6 Å². The Morgan fingerprint density at radius 2 is 2.15 bits per heavy atom.